The average molecular weight is 405 g/mol. The molecule has 2 aromatic carbocycles. The maximum atomic E-state index is 12.6. The van der Waals surface area contributed by atoms with Crippen LogP contribution in [0.15, 0.2) is 42.5 Å². The van der Waals surface area contributed by atoms with Gasteiger partial charge in [0.2, 0.25) is 5.91 Å². The number of amides is 1. The summed E-state index contributed by atoms with van der Waals surface area (Å²) < 4.78 is 37.9. The molecule has 1 aliphatic heterocycles. The van der Waals surface area contributed by atoms with E-state index in [9.17, 15) is 18.0 Å². The van der Waals surface area contributed by atoms with Gasteiger partial charge in [-0.05, 0) is 74.3 Å². The van der Waals surface area contributed by atoms with Gasteiger partial charge in [0, 0.05) is 17.9 Å². The fraction of sp³-hybridized carbons (Fsp3) is 0.409. The second-order valence-electron chi connectivity index (χ2n) is 7.46. The second kappa shape index (κ2) is 9.31. The van der Waals surface area contributed by atoms with E-state index in [4.69, 9.17) is 0 Å². The van der Waals surface area contributed by atoms with Crippen molar-refractivity contribution in [3.8, 4) is 0 Å². The Balaban J connectivity index is 1.53. The van der Waals surface area contributed by atoms with Crippen molar-refractivity contribution in [2.75, 3.05) is 30.3 Å². The maximum Gasteiger partial charge on any atom is 0.416 e. The van der Waals surface area contributed by atoms with Crippen molar-refractivity contribution in [2.45, 2.75) is 38.9 Å². The minimum Gasteiger partial charge on any atom is -0.381 e. The van der Waals surface area contributed by atoms with Gasteiger partial charge >= 0.3 is 6.18 Å². The van der Waals surface area contributed by atoms with E-state index in [0.717, 1.165) is 60.6 Å². The van der Waals surface area contributed by atoms with Crippen LogP contribution in [-0.4, -0.2) is 30.4 Å². The third-order valence-electron chi connectivity index (χ3n) is 5.09. The summed E-state index contributed by atoms with van der Waals surface area (Å²) >= 11 is 0. The zero-order valence-corrected chi connectivity index (χ0v) is 16.5. The van der Waals surface area contributed by atoms with Gasteiger partial charge in [0.15, 0.2) is 0 Å². The summed E-state index contributed by atoms with van der Waals surface area (Å²) in [5, 5.41) is 6.17. The largest absolute Gasteiger partial charge is 0.416 e. The summed E-state index contributed by atoms with van der Waals surface area (Å²) in [4.78, 5) is 14.5. The molecule has 0 saturated carbocycles. The zero-order chi connectivity index (χ0) is 20.9. The fourth-order valence-electron chi connectivity index (χ4n) is 3.44. The highest BCUT2D eigenvalue weighted by Gasteiger charge is 2.29. The molecule has 29 heavy (non-hydrogen) atoms. The molecule has 1 fully saturated rings. The lowest BCUT2D eigenvalue weighted by Gasteiger charge is -2.25. The molecule has 0 unspecified atom stereocenters. The molecule has 1 heterocycles. The number of hydrogen-bond donors (Lipinski definition) is 2. The number of nitrogens with one attached hydrogen (secondary N) is 2. The Hall–Kier alpha value is -2.54. The highest BCUT2D eigenvalue weighted by Crippen LogP contribution is 2.29. The lowest BCUT2D eigenvalue weighted by Crippen LogP contribution is -2.36. The van der Waals surface area contributed by atoms with Gasteiger partial charge in [0.25, 0.3) is 0 Å². The number of nitrogens with zero attached hydrogens (tertiary/aromatic N) is 1. The number of piperidine rings is 1. The molecule has 1 aliphatic rings. The van der Waals surface area contributed by atoms with Crippen LogP contribution in [0.2, 0.25) is 0 Å². The van der Waals surface area contributed by atoms with Crippen LogP contribution in [0, 0.1) is 6.92 Å². The van der Waals surface area contributed by atoms with Crippen LogP contribution in [-0.2, 0) is 17.5 Å². The number of benzene rings is 2. The van der Waals surface area contributed by atoms with E-state index in [2.05, 4.69) is 15.5 Å². The Labute approximate surface area is 169 Å². The molecule has 4 nitrogen and oxygen atoms in total. The van der Waals surface area contributed by atoms with Crippen molar-refractivity contribution in [2.24, 2.45) is 0 Å². The summed E-state index contributed by atoms with van der Waals surface area (Å²) in [5.41, 5.74) is 2.65. The summed E-state index contributed by atoms with van der Waals surface area (Å²) in [7, 11) is 0. The maximum absolute atomic E-state index is 12.6. The molecule has 0 bridgehead atoms. The number of aryl methyl sites for hydroxylation is 1. The van der Waals surface area contributed by atoms with Crippen LogP contribution in [0.25, 0.3) is 0 Å². The van der Waals surface area contributed by atoms with Crippen LogP contribution in [0.5, 0.6) is 0 Å². The van der Waals surface area contributed by atoms with Gasteiger partial charge in [-0.25, -0.2) is 0 Å². The molecular weight excluding hydrogens is 379 g/mol. The first-order chi connectivity index (χ1) is 13.8. The number of hydrogen-bond acceptors (Lipinski definition) is 3. The van der Waals surface area contributed by atoms with E-state index >= 15 is 0 Å². The van der Waals surface area contributed by atoms with E-state index in [1.54, 1.807) is 0 Å². The van der Waals surface area contributed by atoms with Gasteiger partial charge in [0.05, 0.1) is 12.1 Å². The Kier molecular flexibility index (Phi) is 6.79. The molecule has 0 spiro atoms. The molecule has 3 rings (SSSR count). The molecule has 0 aliphatic carbocycles. The molecule has 156 valence electrons. The van der Waals surface area contributed by atoms with E-state index in [1.807, 2.05) is 25.1 Å². The molecular formula is C22H26F3N3O. The standard InChI is InChI=1S/C22H26F3N3O/c1-16-13-19(26-14-17-5-7-18(8-6-17)22(23,24)25)9-10-20(16)27-21(29)15-28-11-3-2-4-12-28/h5-10,13,26H,2-4,11-12,14-15H2,1H3,(H,27,29). The van der Waals surface area contributed by atoms with Crippen molar-refractivity contribution in [1.29, 1.82) is 0 Å². The first-order valence-corrected chi connectivity index (χ1v) is 9.84. The van der Waals surface area contributed by atoms with Crippen molar-refractivity contribution < 1.29 is 18.0 Å². The summed E-state index contributed by atoms with van der Waals surface area (Å²) in [6.45, 7) is 4.68. The first kappa shape index (κ1) is 21.2. The Morgan fingerprint density at radius 1 is 1.03 bits per heavy atom. The molecule has 7 heteroatoms. The van der Waals surface area contributed by atoms with E-state index in [0.29, 0.717) is 13.1 Å². The molecule has 0 aromatic heterocycles. The van der Waals surface area contributed by atoms with Crippen LogP contribution >= 0.6 is 0 Å². The highest BCUT2D eigenvalue weighted by molar-refractivity contribution is 5.93. The minimum atomic E-state index is -4.32. The monoisotopic (exact) mass is 405 g/mol. The van der Waals surface area contributed by atoms with Gasteiger partial charge in [-0.3, -0.25) is 9.69 Å². The molecule has 0 atom stereocenters. The predicted molar refractivity (Wildman–Crippen MR) is 109 cm³/mol. The van der Waals surface area contributed by atoms with Crippen LogP contribution in [0.4, 0.5) is 24.5 Å². The smallest absolute Gasteiger partial charge is 0.381 e. The van der Waals surface area contributed by atoms with Crippen molar-refractivity contribution >= 4 is 17.3 Å². The normalized spacial score (nSPS) is 15.2. The topological polar surface area (TPSA) is 44.4 Å². The Morgan fingerprint density at radius 3 is 2.34 bits per heavy atom. The molecule has 1 saturated heterocycles. The second-order valence-corrected chi connectivity index (χ2v) is 7.46. The third kappa shape index (κ3) is 6.22. The van der Waals surface area contributed by atoms with Gasteiger partial charge in [-0.2, -0.15) is 13.2 Å². The average Bonchev–Trinajstić information content (AvgIpc) is 2.68. The van der Waals surface area contributed by atoms with Crippen LogP contribution in [0.3, 0.4) is 0 Å². The van der Waals surface area contributed by atoms with Crippen molar-refractivity contribution in [3.05, 3.63) is 59.2 Å². The molecule has 0 radical (unpaired) electrons. The van der Waals surface area contributed by atoms with Crippen LogP contribution < -0.4 is 10.6 Å². The summed E-state index contributed by atoms with van der Waals surface area (Å²) in [6, 6.07) is 10.7. The molecule has 2 aromatic rings. The van der Waals surface area contributed by atoms with E-state index in [1.165, 1.54) is 18.6 Å². The number of carbonyl (C=O) groups is 1. The van der Waals surface area contributed by atoms with Gasteiger partial charge in [-0.1, -0.05) is 18.6 Å². The van der Waals surface area contributed by atoms with Gasteiger partial charge in [0.1, 0.15) is 0 Å². The van der Waals surface area contributed by atoms with Crippen molar-refractivity contribution in [3.63, 3.8) is 0 Å². The summed E-state index contributed by atoms with van der Waals surface area (Å²) in [6.07, 6.45) is -0.799. The number of carbonyl (C=O) groups excluding carboxylic acids is 1. The Morgan fingerprint density at radius 2 is 1.72 bits per heavy atom. The summed E-state index contributed by atoms with van der Waals surface area (Å²) in [5.74, 6) is -0.0135. The quantitative estimate of drug-likeness (QED) is 0.707. The number of rotatable bonds is 6. The van der Waals surface area contributed by atoms with E-state index in [-0.39, 0.29) is 5.91 Å². The van der Waals surface area contributed by atoms with E-state index < -0.39 is 11.7 Å². The molecule has 2 N–H and O–H groups in total. The lowest BCUT2D eigenvalue weighted by molar-refractivity contribution is -0.137. The van der Waals surface area contributed by atoms with Gasteiger partial charge < -0.3 is 10.6 Å². The highest BCUT2D eigenvalue weighted by atomic mass is 19.4. The van der Waals surface area contributed by atoms with Crippen molar-refractivity contribution in [1.82, 2.24) is 4.90 Å². The predicted octanol–water partition coefficient (Wildman–Crippen LogP) is 5.05. The molecule has 1 amide bonds. The number of anilines is 2. The minimum absolute atomic E-state index is 0.0135. The number of likely N-dealkylation sites (tertiary alicyclic amines) is 1. The number of alkyl halides is 3. The SMILES string of the molecule is Cc1cc(NCc2ccc(C(F)(F)F)cc2)ccc1NC(=O)CN1CCCCC1. The number of halogens is 3. The van der Waals surface area contributed by atoms with Crippen LogP contribution in [0.1, 0.15) is 36.0 Å². The van der Waals surface area contributed by atoms with Gasteiger partial charge in [-0.15, -0.1) is 0 Å². The Bertz CT molecular complexity index is 828. The fourth-order valence-corrected chi connectivity index (χ4v) is 3.44. The lowest BCUT2D eigenvalue weighted by atomic mass is 10.1. The zero-order valence-electron chi connectivity index (χ0n) is 16.5. The third-order valence-corrected chi connectivity index (χ3v) is 5.09. The first-order valence-electron chi connectivity index (χ1n) is 9.84.